The maximum atomic E-state index is 12.0. The number of phosphoric acid groups is 3. The third-order valence-electron chi connectivity index (χ3n) is 5.60. The molecule has 0 saturated carbocycles. The molecule has 1 fully saturated rings. The molecular weight excluding hydrogens is 643 g/mol. The lowest BCUT2D eigenvalue weighted by Gasteiger charge is -2.19. The Balaban J connectivity index is 1.70. The maximum absolute atomic E-state index is 12.0. The van der Waals surface area contributed by atoms with Crippen LogP contribution in [-0.4, -0.2) is 83.1 Å². The van der Waals surface area contributed by atoms with Gasteiger partial charge in [0.2, 0.25) is 5.91 Å². The minimum absolute atomic E-state index is 0.0197. The van der Waals surface area contributed by atoms with E-state index in [0.29, 0.717) is 10.9 Å². The number of rotatable bonds is 12. The number of hydrogen-bond acceptors (Lipinski definition) is 14. The van der Waals surface area contributed by atoms with Gasteiger partial charge in [-0.1, -0.05) is 11.8 Å². The number of amides is 1. The number of phosphoric ester groups is 1. The van der Waals surface area contributed by atoms with E-state index >= 15 is 0 Å². The van der Waals surface area contributed by atoms with Crippen LogP contribution >= 0.6 is 23.5 Å². The van der Waals surface area contributed by atoms with Crippen molar-refractivity contribution < 1.29 is 70.6 Å². The molecule has 0 aliphatic carbocycles. The van der Waals surface area contributed by atoms with E-state index in [0.717, 1.165) is 0 Å². The van der Waals surface area contributed by atoms with Gasteiger partial charge in [0.15, 0.2) is 0 Å². The summed E-state index contributed by atoms with van der Waals surface area (Å²) >= 11 is 0. The Morgan fingerprint density at radius 1 is 1.21 bits per heavy atom. The first kappa shape index (κ1) is 34.7. The summed E-state index contributed by atoms with van der Waals surface area (Å²) in [7, 11) is -15.5. The summed E-state index contributed by atoms with van der Waals surface area (Å²) in [6, 6.07) is -0.827. The van der Waals surface area contributed by atoms with Crippen molar-refractivity contribution in [1.82, 2.24) is 19.9 Å². The van der Waals surface area contributed by atoms with Crippen molar-refractivity contribution >= 4 is 52.2 Å². The van der Waals surface area contributed by atoms with E-state index in [1.807, 2.05) is 0 Å². The van der Waals surface area contributed by atoms with Gasteiger partial charge in [0.1, 0.15) is 36.2 Å². The minimum Gasteiger partial charge on any atom is -0.467 e. The van der Waals surface area contributed by atoms with Crippen LogP contribution in [0.3, 0.4) is 0 Å². The predicted octanol–water partition coefficient (Wildman–Crippen LogP) is -0.185. The minimum atomic E-state index is -5.72. The van der Waals surface area contributed by atoms with Gasteiger partial charge in [0, 0.05) is 25.5 Å². The van der Waals surface area contributed by atoms with Crippen molar-refractivity contribution in [3.63, 3.8) is 0 Å². The van der Waals surface area contributed by atoms with Crippen LogP contribution in [0.5, 0.6) is 0 Å². The van der Waals surface area contributed by atoms with Crippen LogP contribution in [-0.2, 0) is 45.9 Å². The summed E-state index contributed by atoms with van der Waals surface area (Å²) in [6.45, 7) is 0.612. The molecular formula is C20H28N5O15P3. The standard InChI is InChI=1S/C20H28N5O15P3/c1-11(20(28)36-2)24-15(27)6-4-3-5-12-8-25(19-17(12)18(21)22-10-23-19)16-7-13(26)14(38-16)9-37-42(32,33)40-43(34,35)39-41(29,30)31/h8,10-11,13-14,16,26H,4,6-7,9H2,1-2H3,(H,24,27)(H,32,33)(H,34,35)(H2,21,22,23)(H2,29,30,31)/t11-,13-,14+,16+/m0/s1. The highest BCUT2D eigenvalue weighted by molar-refractivity contribution is 7.66. The number of nitrogen functional groups attached to an aromatic ring is 1. The molecule has 1 amide bonds. The first-order chi connectivity index (χ1) is 19.9. The second-order valence-corrected chi connectivity index (χ2v) is 13.3. The van der Waals surface area contributed by atoms with Crippen LogP contribution in [0, 0.1) is 11.8 Å². The number of nitrogens with zero attached hydrogens (tertiary/aromatic N) is 3. The normalized spacial score (nSPS) is 22.2. The number of aromatic nitrogens is 3. The number of esters is 1. The fourth-order valence-corrected chi connectivity index (χ4v) is 6.84. The number of carbonyl (C=O) groups is 2. The van der Waals surface area contributed by atoms with Crippen molar-refractivity contribution in [2.24, 2.45) is 0 Å². The van der Waals surface area contributed by atoms with Gasteiger partial charge >= 0.3 is 29.4 Å². The maximum Gasteiger partial charge on any atom is 0.490 e. The number of methoxy groups -OCH3 is 1. The number of anilines is 1. The molecule has 3 heterocycles. The topological polar surface area (TPSA) is 301 Å². The molecule has 2 aromatic heterocycles. The second kappa shape index (κ2) is 13.9. The van der Waals surface area contributed by atoms with Crippen molar-refractivity contribution in [3.05, 3.63) is 18.1 Å². The summed E-state index contributed by atoms with van der Waals surface area (Å²) < 4.78 is 57.9. The van der Waals surface area contributed by atoms with E-state index in [4.69, 9.17) is 20.3 Å². The van der Waals surface area contributed by atoms with Crippen molar-refractivity contribution in [3.8, 4) is 11.8 Å². The first-order valence-electron chi connectivity index (χ1n) is 12.0. The molecule has 8 N–H and O–H groups in total. The van der Waals surface area contributed by atoms with E-state index in [1.165, 1.54) is 31.1 Å². The zero-order valence-corrected chi connectivity index (χ0v) is 25.1. The van der Waals surface area contributed by atoms with Crippen LogP contribution in [0.2, 0.25) is 0 Å². The molecule has 238 valence electrons. The molecule has 43 heavy (non-hydrogen) atoms. The zero-order chi connectivity index (χ0) is 32.2. The average Bonchev–Trinajstić information content (AvgIpc) is 3.43. The molecule has 0 aromatic carbocycles. The number of aliphatic hydroxyl groups is 1. The summed E-state index contributed by atoms with van der Waals surface area (Å²) in [5.41, 5.74) is 6.64. The fraction of sp³-hybridized carbons (Fsp3) is 0.500. The monoisotopic (exact) mass is 671 g/mol. The number of nitrogens with two attached hydrogens (primary N) is 1. The Morgan fingerprint density at radius 3 is 2.56 bits per heavy atom. The second-order valence-electron chi connectivity index (χ2n) is 8.84. The molecule has 0 spiro atoms. The lowest BCUT2D eigenvalue weighted by molar-refractivity contribution is -0.144. The third kappa shape index (κ3) is 9.88. The molecule has 0 radical (unpaired) electrons. The Hall–Kier alpha value is -2.75. The van der Waals surface area contributed by atoms with Gasteiger partial charge in [-0.05, 0) is 6.92 Å². The highest BCUT2D eigenvalue weighted by atomic mass is 31.3. The van der Waals surface area contributed by atoms with E-state index in [-0.39, 0.29) is 30.7 Å². The lowest BCUT2D eigenvalue weighted by atomic mass is 10.2. The van der Waals surface area contributed by atoms with E-state index in [9.17, 15) is 38.2 Å². The summed E-state index contributed by atoms with van der Waals surface area (Å²) in [5, 5.41) is 13.3. The summed E-state index contributed by atoms with van der Waals surface area (Å²) in [4.78, 5) is 67.8. The third-order valence-corrected chi connectivity index (χ3v) is 9.41. The van der Waals surface area contributed by atoms with Gasteiger partial charge in [-0.3, -0.25) is 9.32 Å². The van der Waals surface area contributed by atoms with Crippen LogP contribution in [0.4, 0.5) is 5.82 Å². The first-order valence-corrected chi connectivity index (χ1v) is 16.5. The SMILES string of the molecule is COC(=O)[C@H](C)NC(=O)CCC#Cc1cn([C@H]2C[C@H](O)[C@@H](COP(=O)(O)OP(=O)(O)OP(=O)(O)O)O2)c2ncnc(N)c12. The largest absolute Gasteiger partial charge is 0.490 e. The predicted molar refractivity (Wildman–Crippen MR) is 142 cm³/mol. The fourth-order valence-electron chi connectivity index (χ4n) is 3.81. The Kier molecular flexibility index (Phi) is 11.2. The number of ether oxygens (including phenoxy) is 2. The molecule has 3 rings (SSSR count). The van der Waals surface area contributed by atoms with Crippen LogP contribution in [0.25, 0.3) is 11.0 Å². The van der Waals surface area contributed by atoms with Gasteiger partial charge in [-0.15, -0.1) is 0 Å². The van der Waals surface area contributed by atoms with Crippen LogP contribution < -0.4 is 11.1 Å². The molecule has 6 atom stereocenters. The molecule has 23 heteroatoms. The van der Waals surface area contributed by atoms with Crippen molar-refractivity contribution in [2.75, 3.05) is 19.5 Å². The van der Waals surface area contributed by atoms with Gasteiger partial charge in [0.05, 0.1) is 30.8 Å². The number of fused-ring (bicyclic) bond motifs is 1. The Labute approximate surface area is 242 Å². The highest BCUT2D eigenvalue weighted by Crippen LogP contribution is 2.66. The summed E-state index contributed by atoms with van der Waals surface area (Å²) in [5.74, 6) is 4.74. The molecule has 1 aliphatic rings. The van der Waals surface area contributed by atoms with E-state index in [2.05, 4.69) is 45.0 Å². The van der Waals surface area contributed by atoms with Gasteiger partial charge in [-0.2, -0.15) is 8.62 Å². The lowest BCUT2D eigenvalue weighted by Crippen LogP contribution is -2.38. The average molecular weight is 671 g/mol. The van der Waals surface area contributed by atoms with Gasteiger partial charge in [0.25, 0.3) is 0 Å². The quantitative estimate of drug-likeness (QED) is 0.0874. The molecule has 0 bridgehead atoms. The van der Waals surface area contributed by atoms with E-state index in [1.54, 1.807) is 0 Å². The Morgan fingerprint density at radius 2 is 1.91 bits per heavy atom. The summed E-state index contributed by atoms with van der Waals surface area (Å²) in [6.07, 6.45) is -0.844. The molecule has 2 aromatic rings. The number of carbonyl (C=O) groups excluding carboxylic acids is 2. The number of hydrogen-bond donors (Lipinski definition) is 7. The van der Waals surface area contributed by atoms with Crippen molar-refractivity contribution in [2.45, 2.75) is 50.7 Å². The van der Waals surface area contributed by atoms with Crippen molar-refractivity contribution in [1.29, 1.82) is 0 Å². The number of nitrogens with one attached hydrogen (secondary N) is 1. The number of aliphatic hydroxyl groups excluding tert-OH is 1. The molecule has 2 unspecified atom stereocenters. The zero-order valence-electron chi connectivity index (χ0n) is 22.4. The Bertz CT molecular complexity index is 1570. The van der Waals surface area contributed by atoms with Gasteiger partial charge < -0.3 is 49.8 Å². The van der Waals surface area contributed by atoms with E-state index < -0.39 is 66.4 Å². The van der Waals surface area contributed by atoms with Gasteiger partial charge in [-0.25, -0.2) is 28.5 Å². The highest BCUT2D eigenvalue weighted by Gasteiger charge is 2.43. The molecule has 1 saturated heterocycles. The van der Waals surface area contributed by atoms with Crippen LogP contribution in [0.1, 0.15) is 38.0 Å². The molecule has 1 aliphatic heterocycles. The molecule has 20 nitrogen and oxygen atoms in total. The smallest absolute Gasteiger partial charge is 0.467 e. The van der Waals surface area contributed by atoms with Crippen LogP contribution in [0.15, 0.2) is 12.5 Å².